The molecular weight excluding hydrogens is 379 g/mol. The number of hydrogen-bond donors (Lipinski definition) is 1. The Kier molecular flexibility index (Phi) is 8.02. The highest BCUT2D eigenvalue weighted by Gasteiger charge is 2.40. The van der Waals surface area contributed by atoms with Gasteiger partial charge in [0.25, 0.3) is 0 Å². The summed E-state index contributed by atoms with van der Waals surface area (Å²) in [5.74, 6) is -2.76. The van der Waals surface area contributed by atoms with Crippen molar-refractivity contribution in [3.8, 4) is 0 Å². The van der Waals surface area contributed by atoms with Gasteiger partial charge in [-0.05, 0) is 19.3 Å². The minimum atomic E-state index is -5.08. The summed E-state index contributed by atoms with van der Waals surface area (Å²) in [6, 6.07) is 0.556. The number of hydrogen-bond acceptors (Lipinski definition) is 5. The van der Waals surface area contributed by atoms with Crippen molar-refractivity contribution in [3.05, 3.63) is 30.6 Å². The largest absolute Gasteiger partial charge is 0.490 e. The van der Waals surface area contributed by atoms with Crippen molar-refractivity contribution in [1.82, 2.24) is 14.7 Å². The standard InChI is InChI=1S/C16H25N3O2.C2HF3O2/c1-3-8-20-12-14-4-5-15-16(21-14)6-7-19(15)11-13-9-17-18(2)10-13;3-2(4,5)1(6)7/h3,9-10,14-16H,1,4-8,11-12H2,2H3;(H,6,7)/t14-,15+,16+;/m1./s1. The molecule has 3 atom stereocenters. The van der Waals surface area contributed by atoms with Crippen molar-refractivity contribution in [2.45, 2.75) is 50.2 Å². The Labute approximate surface area is 161 Å². The molecule has 0 spiro atoms. The van der Waals surface area contributed by atoms with Gasteiger partial charge in [0.2, 0.25) is 0 Å². The van der Waals surface area contributed by atoms with E-state index >= 15 is 0 Å². The first kappa shape index (κ1) is 22.4. The first-order valence-corrected chi connectivity index (χ1v) is 9.06. The number of aryl methyl sites for hydroxylation is 1. The molecule has 2 fully saturated rings. The molecule has 2 saturated heterocycles. The summed E-state index contributed by atoms with van der Waals surface area (Å²) in [5, 5.41) is 11.4. The summed E-state index contributed by atoms with van der Waals surface area (Å²) in [6.07, 6.45) is 4.80. The average molecular weight is 405 g/mol. The molecule has 158 valence electrons. The number of halogens is 3. The van der Waals surface area contributed by atoms with Crippen LogP contribution in [0.1, 0.15) is 24.8 Å². The summed E-state index contributed by atoms with van der Waals surface area (Å²) in [4.78, 5) is 11.4. The van der Waals surface area contributed by atoms with Gasteiger partial charge in [-0.3, -0.25) is 9.58 Å². The summed E-state index contributed by atoms with van der Waals surface area (Å²) in [7, 11) is 1.97. The molecule has 0 radical (unpaired) electrons. The molecule has 0 aromatic carbocycles. The minimum absolute atomic E-state index is 0.254. The second-order valence-electron chi connectivity index (χ2n) is 6.85. The fourth-order valence-corrected chi connectivity index (χ4v) is 3.48. The Morgan fingerprint density at radius 3 is 2.75 bits per heavy atom. The smallest absolute Gasteiger partial charge is 0.475 e. The first-order chi connectivity index (χ1) is 13.2. The molecule has 0 unspecified atom stereocenters. The Balaban J connectivity index is 0.000000345. The van der Waals surface area contributed by atoms with Crippen molar-refractivity contribution in [2.24, 2.45) is 7.05 Å². The lowest BCUT2D eigenvalue weighted by molar-refractivity contribution is -0.192. The van der Waals surface area contributed by atoms with E-state index in [1.165, 1.54) is 12.0 Å². The number of alkyl halides is 3. The highest BCUT2D eigenvalue weighted by atomic mass is 19.4. The minimum Gasteiger partial charge on any atom is -0.475 e. The van der Waals surface area contributed by atoms with E-state index in [1.54, 1.807) is 6.08 Å². The van der Waals surface area contributed by atoms with Crippen LogP contribution in [0.4, 0.5) is 13.2 Å². The molecule has 0 bridgehead atoms. The molecule has 1 N–H and O–H groups in total. The molecule has 0 amide bonds. The maximum absolute atomic E-state index is 10.6. The third-order valence-electron chi connectivity index (χ3n) is 4.68. The van der Waals surface area contributed by atoms with E-state index in [0.717, 1.165) is 25.9 Å². The summed E-state index contributed by atoms with van der Waals surface area (Å²) < 4.78 is 45.3. The van der Waals surface area contributed by atoms with E-state index < -0.39 is 12.1 Å². The topological polar surface area (TPSA) is 76.8 Å². The Morgan fingerprint density at radius 1 is 1.46 bits per heavy atom. The van der Waals surface area contributed by atoms with Gasteiger partial charge in [0.15, 0.2) is 0 Å². The number of aromatic nitrogens is 2. The van der Waals surface area contributed by atoms with Gasteiger partial charge in [0.05, 0.1) is 31.6 Å². The van der Waals surface area contributed by atoms with Crippen molar-refractivity contribution in [2.75, 3.05) is 19.8 Å². The molecule has 28 heavy (non-hydrogen) atoms. The van der Waals surface area contributed by atoms with E-state index in [9.17, 15) is 13.2 Å². The van der Waals surface area contributed by atoms with Gasteiger partial charge in [-0.2, -0.15) is 18.3 Å². The van der Waals surface area contributed by atoms with Gasteiger partial charge in [0.1, 0.15) is 0 Å². The van der Waals surface area contributed by atoms with E-state index in [0.29, 0.717) is 25.4 Å². The fourth-order valence-electron chi connectivity index (χ4n) is 3.48. The molecule has 2 aliphatic heterocycles. The summed E-state index contributed by atoms with van der Waals surface area (Å²) in [6.45, 7) is 7.07. The monoisotopic (exact) mass is 405 g/mol. The Bertz CT molecular complexity index is 650. The molecule has 1 aromatic heterocycles. The van der Waals surface area contributed by atoms with Crippen LogP contribution in [-0.4, -0.2) is 69.9 Å². The molecular formula is C18H26F3N3O4. The average Bonchev–Trinajstić information content (AvgIpc) is 3.21. The lowest BCUT2D eigenvalue weighted by atomic mass is 9.99. The quantitative estimate of drug-likeness (QED) is 0.579. The van der Waals surface area contributed by atoms with E-state index in [1.807, 2.05) is 17.9 Å². The third-order valence-corrected chi connectivity index (χ3v) is 4.68. The number of carboxylic acid groups (broad SMARTS) is 1. The van der Waals surface area contributed by atoms with Gasteiger partial charge in [0, 0.05) is 37.9 Å². The van der Waals surface area contributed by atoms with Gasteiger partial charge in [-0.1, -0.05) is 6.08 Å². The van der Waals surface area contributed by atoms with E-state index in [2.05, 4.69) is 22.8 Å². The Morgan fingerprint density at radius 2 is 2.18 bits per heavy atom. The molecule has 3 heterocycles. The van der Waals surface area contributed by atoms with Crippen LogP contribution >= 0.6 is 0 Å². The molecule has 10 heteroatoms. The number of nitrogens with zero attached hydrogens (tertiary/aromatic N) is 3. The predicted molar refractivity (Wildman–Crippen MR) is 94.6 cm³/mol. The maximum Gasteiger partial charge on any atom is 0.490 e. The molecule has 0 saturated carbocycles. The van der Waals surface area contributed by atoms with E-state index in [-0.39, 0.29) is 6.10 Å². The highest BCUT2D eigenvalue weighted by molar-refractivity contribution is 5.73. The molecule has 7 nitrogen and oxygen atoms in total. The van der Waals surface area contributed by atoms with Gasteiger partial charge in [-0.25, -0.2) is 4.79 Å². The molecule has 1 aromatic rings. The second kappa shape index (κ2) is 10.0. The zero-order valence-electron chi connectivity index (χ0n) is 15.8. The summed E-state index contributed by atoms with van der Waals surface area (Å²) in [5.41, 5.74) is 1.29. The number of rotatable bonds is 6. The highest BCUT2D eigenvalue weighted by Crippen LogP contribution is 2.32. The van der Waals surface area contributed by atoms with Crippen LogP contribution in [0.5, 0.6) is 0 Å². The number of likely N-dealkylation sites (tertiary alicyclic amines) is 1. The van der Waals surface area contributed by atoms with Crippen molar-refractivity contribution < 1.29 is 32.5 Å². The van der Waals surface area contributed by atoms with Crippen molar-refractivity contribution >= 4 is 5.97 Å². The molecule has 2 aliphatic rings. The lowest BCUT2D eigenvalue weighted by Crippen LogP contribution is -2.43. The summed E-state index contributed by atoms with van der Waals surface area (Å²) >= 11 is 0. The number of aliphatic carboxylic acids is 1. The molecule has 3 rings (SSSR count). The predicted octanol–water partition coefficient (Wildman–Crippen LogP) is 2.38. The zero-order chi connectivity index (χ0) is 20.7. The van der Waals surface area contributed by atoms with Gasteiger partial charge in [-0.15, -0.1) is 6.58 Å². The first-order valence-electron chi connectivity index (χ1n) is 9.06. The van der Waals surface area contributed by atoms with Crippen LogP contribution in [0.2, 0.25) is 0 Å². The molecule has 0 aliphatic carbocycles. The number of fused-ring (bicyclic) bond motifs is 1. The number of carboxylic acids is 1. The third kappa shape index (κ3) is 6.61. The van der Waals surface area contributed by atoms with Crippen LogP contribution in [0, 0.1) is 0 Å². The van der Waals surface area contributed by atoms with E-state index in [4.69, 9.17) is 19.4 Å². The van der Waals surface area contributed by atoms with Gasteiger partial charge < -0.3 is 14.6 Å². The van der Waals surface area contributed by atoms with Crippen LogP contribution in [0.15, 0.2) is 25.0 Å². The second-order valence-corrected chi connectivity index (χ2v) is 6.85. The van der Waals surface area contributed by atoms with Gasteiger partial charge >= 0.3 is 12.1 Å². The van der Waals surface area contributed by atoms with Crippen LogP contribution in [-0.2, 0) is 27.9 Å². The number of ether oxygens (including phenoxy) is 2. The fraction of sp³-hybridized carbons (Fsp3) is 0.667. The van der Waals surface area contributed by atoms with Crippen LogP contribution in [0.3, 0.4) is 0 Å². The number of carbonyl (C=O) groups is 1. The van der Waals surface area contributed by atoms with Crippen LogP contribution < -0.4 is 0 Å². The Hall–Kier alpha value is -1.91. The normalized spacial score (nSPS) is 24.9. The lowest BCUT2D eigenvalue weighted by Gasteiger charge is -2.35. The van der Waals surface area contributed by atoms with Crippen molar-refractivity contribution in [3.63, 3.8) is 0 Å². The van der Waals surface area contributed by atoms with Crippen LogP contribution in [0.25, 0.3) is 0 Å². The van der Waals surface area contributed by atoms with Crippen molar-refractivity contribution in [1.29, 1.82) is 0 Å². The zero-order valence-corrected chi connectivity index (χ0v) is 15.8. The maximum atomic E-state index is 10.6. The SMILES string of the molecule is C=CCOC[C@H]1CC[C@H]2[C@H](CCN2Cc2cnn(C)c2)O1.O=C(O)C(F)(F)F.